The summed E-state index contributed by atoms with van der Waals surface area (Å²) >= 11 is 0. The Balaban J connectivity index is 1.42. The van der Waals surface area contributed by atoms with Crippen molar-refractivity contribution in [3.05, 3.63) is 133 Å². The van der Waals surface area contributed by atoms with Gasteiger partial charge in [-0.1, -0.05) is 91.0 Å². The number of para-hydroxylation sites is 1. The van der Waals surface area contributed by atoms with Crippen LogP contribution in [0.4, 0.5) is 0 Å². The van der Waals surface area contributed by atoms with Crippen molar-refractivity contribution < 1.29 is 9.68 Å². The van der Waals surface area contributed by atoms with Gasteiger partial charge in [-0.05, 0) is 42.5 Å². The topological polar surface area (TPSA) is 60.2 Å². The monoisotopic (exact) mass is 517 g/mol. The molecule has 40 heavy (non-hydrogen) atoms. The van der Waals surface area contributed by atoms with Gasteiger partial charge in [0.25, 0.3) is 0 Å². The number of rotatable bonds is 6. The highest BCUT2D eigenvalue weighted by Crippen LogP contribution is 2.35. The average molecular weight is 517 g/mol. The van der Waals surface area contributed by atoms with E-state index in [9.17, 15) is 5.02 Å². The molecule has 0 saturated carbocycles. The molecule has 0 aliphatic rings. The smallest absolute Gasteiger partial charge is 0.504 e. The van der Waals surface area contributed by atoms with Gasteiger partial charge in [-0.15, -0.1) is 0 Å². The molecule has 0 aliphatic heterocycles. The number of fused-ring (bicyclic) bond motifs is 3. The number of nitrogens with zero attached hydrogens (tertiary/aromatic N) is 3. The van der Waals surface area contributed by atoms with Crippen LogP contribution in [0.15, 0.2) is 133 Å². The van der Waals surface area contributed by atoms with E-state index in [1.54, 1.807) is 0 Å². The molecule has 190 valence electrons. The quantitative estimate of drug-likeness (QED) is 0.237. The van der Waals surface area contributed by atoms with Crippen LogP contribution in [0.1, 0.15) is 0 Å². The highest BCUT2D eigenvalue weighted by atomic mass is 16.5. The van der Waals surface area contributed by atoms with E-state index in [-0.39, 0.29) is 7.69 Å². The number of benzene rings is 5. The molecular weight excluding hydrogens is 493 g/mol. The van der Waals surface area contributed by atoms with Crippen LogP contribution in [0.3, 0.4) is 0 Å². The average Bonchev–Trinajstić information content (AvgIpc) is 3.36. The molecule has 0 bridgehead atoms. The zero-order valence-electron chi connectivity index (χ0n) is 21.6. The van der Waals surface area contributed by atoms with Gasteiger partial charge in [0.2, 0.25) is 0 Å². The fraction of sp³-hybridized carbons (Fsp3) is 0. The molecule has 0 fully saturated rings. The van der Waals surface area contributed by atoms with Gasteiger partial charge in [-0.3, -0.25) is 0 Å². The van der Waals surface area contributed by atoms with E-state index < -0.39 is 0 Å². The summed E-state index contributed by atoms with van der Waals surface area (Å²) in [6.45, 7) is 0. The fourth-order valence-corrected chi connectivity index (χ4v) is 5.27. The highest BCUT2D eigenvalue weighted by molar-refractivity contribution is 6.17. The van der Waals surface area contributed by atoms with Crippen molar-refractivity contribution in [2.75, 3.05) is 0 Å². The molecule has 7 aromatic rings. The van der Waals surface area contributed by atoms with E-state index in [1.165, 1.54) is 0 Å². The maximum absolute atomic E-state index is 9.27. The van der Waals surface area contributed by atoms with Crippen LogP contribution in [0.2, 0.25) is 0 Å². The summed E-state index contributed by atoms with van der Waals surface area (Å²) in [5.74, 6) is 1.32. The van der Waals surface area contributed by atoms with Gasteiger partial charge >= 0.3 is 7.69 Å². The molecule has 0 atom stereocenters. The zero-order valence-corrected chi connectivity index (χ0v) is 21.6. The first kappa shape index (κ1) is 23.9. The first-order valence-corrected chi connectivity index (χ1v) is 13.2. The predicted octanol–water partition coefficient (Wildman–Crippen LogP) is 7.21. The van der Waals surface area contributed by atoms with Crippen molar-refractivity contribution >= 4 is 29.5 Å². The van der Waals surface area contributed by atoms with Gasteiger partial charge in [0, 0.05) is 33.2 Å². The van der Waals surface area contributed by atoms with E-state index in [2.05, 4.69) is 65.2 Å². The minimum Gasteiger partial charge on any atom is -0.539 e. The Morgan fingerprint density at radius 2 is 1.20 bits per heavy atom. The van der Waals surface area contributed by atoms with Crippen LogP contribution in [0.25, 0.3) is 61.4 Å². The Labute approximate surface area is 232 Å². The Morgan fingerprint density at radius 3 is 1.98 bits per heavy atom. The summed E-state index contributed by atoms with van der Waals surface area (Å²) < 4.78 is 7.64. The zero-order chi connectivity index (χ0) is 26.9. The summed E-state index contributed by atoms with van der Waals surface area (Å²) in [7, 11) is -0.360. The van der Waals surface area contributed by atoms with Crippen molar-refractivity contribution in [3.63, 3.8) is 0 Å². The summed E-state index contributed by atoms with van der Waals surface area (Å²) in [4.78, 5) is 9.95. The van der Waals surface area contributed by atoms with Crippen LogP contribution >= 0.6 is 0 Å². The van der Waals surface area contributed by atoms with Crippen molar-refractivity contribution in [2.24, 2.45) is 0 Å². The van der Waals surface area contributed by atoms with Gasteiger partial charge in [0.1, 0.15) is 5.75 Å². The number of hydrogen-bond donors (Lipinski definition) is 1. The maximum atomic E-state index is 9.27. The van der Waals surface area contributed by atoms with Crippen LogP contribution in [-0.4, -0.2) is 27.2 Å². The van der Waals surface area contributed by atoms with E-state index in [0.29, 0.717) is 11.6 Å². The first-order valence-electron chi connectivity index (χ1n) is 13.2. The van der Waals surface area contributed by atoms with Crippen molar-refractivity contribution in [3.8, 4) is 45.3 Å². The Bertz CT molecular complexity index is 1910. The summed E-state index contributed by atoms with van der Waals surface area (Å²) in [6, 6.07) is 45.1. The molecule has 2 heterocycles. The molecule has 6 heteroatoms. The van der Waals surface area contributed by atoms with Crippen LogP contribution in [0, 0.1) is 0 Å². The van der Waals surface area contributed by atoms with Gasteiger partial charge in [0.15, 0.2) is 5.82 Å². The lowest BCUT2D eigenvalue weighted by atomic mass is 10.1. The van der Waals surface area contributed by atoms with Crippen LogP contribution < -0.4 is 4.65 Å². The molecule has 5 aromatic carbocycles. The Kier molecular flexibility index (Phi) is 6.07. The first-order chi connectivity index (χ1) is 19.8. The number of aromatic nitrogens is 3. The van der Waals surface area contributed by atoms with E-state index in [4.69, 9.17) is 14.6 Å². The summed E-state index contributed by atoms with van der Waals surface area (Å²) in [5.41, 5.74) is 7.93. The third-order valence-corrected chi connectivity index (χ3v) is 7.10. The predicted molar refractivity (Wildman–Crippen MR) is 163 cm³/mol. The molecule has 0 radical (unpaired) electrons. The van der Waals surface area contributed by atoms with Crippen LogP contribution in [0.5, 0.6) is 5.75 Å². The lowest BCUT2D eigenvalue weighted by molar-refractivity contribution is 0.454. The Morgan fingerprint density at radius 1 is 0.550 bits per heavy atom. The van der Waals surface area contributed by atoms with Gasteiger partial charge in [-0.25, -0.2) is 9.97 Å². The second kappa shape index (κ2) is 10.2. The molecule has 0 saturated heterocycles. The standard InChI is InChI=1S/C34H24BN3O2/c39-35-40-27-18-19-33-29(21-27)28-16-7-8-17-32(28)38(33)26-15-9-14-25(20-26)31-22-30(23-10-3-1-4-11-23)36-34(37-31)24-12-5-2-6-13-24/h1-22,35,39H. The lowest BCUT2D eigenvalue weighted by Gasteiger charge is -2.12. The minimum atomic E-state index is -0.360. The fourth-order valence-electron chi connectivity index (χ4n) is 5.27. The maximum Gasteiger partial charge on any atom is 0.504 e. The minimum absolute atomic E-state index is 0.360. The molecular formula is C34H24BN3O2. The van der Waals surface area contributed by atoms with Crippen molar-refractivity contribution in [1.82, 2.24) is 14.5 Å². The van der Waals surface area contributed by atoms with E-state index in [1.807, 2.05) is 72.8 Å². The van der Waals surface area contributed by atoms with Gasteiger partial charge in [0.05, 0.1) is 22.4 Å². The molecule has 5 nitrogen and oxygen atoms in total. The van der Waals surface area contributed by atoms with E-state index >= 15 is 0 Å². The SMILES string of the molecule is OBOc1ccc2c(c1)c1ccccc1n2-c1cccc(-c2cc(-c3ccccc3)nc(-c3ccccc3)n2)c1. The van der Waals surface area contributed by atoms with Crippen molar-refractivity contribution in [1.29, 1.82) is 0 Å². The van der Waals surface area contributed by atoms with Crippen LogP contribution in [-0.2, 0) is 0 Å². The third kappa shape index (κ3) is 4.30. The van der Waals surface area contributed by atoms with Gasteiger partial charge < -0.3 is 14.2 Å². The lowest BCUT2D eigenvalue weighted by Crippen LogP contribution is -1.99. The molecule has 2 aromatic heterocycles. The molecule has 7 rings (SSSR count). The summed E-state index contributed by atoms with van der Waals surface area (Å²) in [5, 5.41) is 11.5. The molecule has 0 spiro atoms. The molecule has 0 unspecified atom stereocenters. The molecule has 0 aliphatic carbocycles. The van der Waals surface area contributed by atoms with Gasteiger partial charge in [-0.2, -0.15) is 0 Å². The number of hydrogen-bond acceptors (Lipinski definition) is 4. The second-order valence-corrected chi connectivity index (χ2v) is 9.55. The normalized spacial score (nSPS) is 11.1. The summed E-state index contributed by atoms with van der Waals surface area (Å²) in [6.07, 6.45) is 0. The van der Waals surface area contributed by atoms with Crippen molar-refractivity contribution in [2.45, 2.75) is 0 Å². The largest absolute Gasteiger partial charge is 0.539 e. The Hall–Kier alpha value is -5.20. The van der Waals surface area contributed by atoms with E-state index in [0.717, 1.165) is 55.6 Å². The highest BCUT2D eigenvalue weighted by Gasteiger charge is 2.15. The third-order valence-electron chi connectivity index (χ3n) is 7.10. The molecule has 0 amide bonds. The second-order valence-electron chi connectivity index (χ2n) is 9.55. The molecule has 1 N–H and O–H groups in total.